The average Bonchev–Trinajstić information content (AvgIpc) is 3.30. The lowest BCUT2D eigenvalue weighted by Gasteiger charge is -2.21. The number of nitrogens with zero attached hydrogens (tertiary/aromatic N) is 3. The Morgan fingerprint density at radius 2 is 1.96 bits per heavy atom. The van der Waals surface area contributed by atoms with Crippen LogP contribution in [0.15, 0.2) is 48.7 Å². The van der Waals surface area contributed by atoms with Gasteiger partial charge < -0.3 is 14.5 Å². The lowest BCUT2D eigenvalue weighted by molar-refractivity contribution is -0.135. The van der Waals surface area contributed by atoms with E-state index in [2.05, 4.69) is 4.98 Å². The minimum Gasteiger partial charge on any atom is -0.472 e. The van der Waals surface area contributed by atoms with Crippen LogP contribution in [0.2, 0.25) is 0 Å². The van der Waals surface area contributed by atoms with Crippen molar-refractivity contribution in [2.75, 3.05) is 24.5 Å². The number of aromatic nitrogens is 1. The van der Waals surface area contributed by atoms with Gasteiger partial charge in [0.1, 0.15) is 6.10 Å². The number of likely N-dealkylation sites (tertiary alicyclic amines) is 1. The van der Waals surface area contributed by atoms with Gasteiger partial charge in [0.2, 0.25) is 17.7 Å². The molecule has 2 fully saturated rings. The zero-order valence-corrected chi connectivity index (χ0v) is 15.4. The first-order valence-corrected chi connectivity index (χ1v) is 9.33. The second-order valence-electron chi connectivity index (χ2n) is 7.22. The summed E-state index contributed by atoms with van der Waals surface area (Å²) in [4.78, 5) is 33.0. The summed E-state index contributed by atoms with van der Waals surface area (Å²) in [5, 5.41) is 0. The molecule has 6 nitrogen and oxygen atoms in total. The molecule has 0 saturated carbocycles. The fourth-order valence-electron chi connectivity index (χ4n) is 3.72. The van der Waals surface area contributed by atoms with Crippen molar-refractivity contribution in [1.82, 2.24) is 9.88 Å². The third-order valence-corrected chi connectivity index (χ3v) is 5.20. The number of carbonyl (C=O) groups is 2. The molecule has 6 heteroatoms. The van der Waals surface area contributed by atoms with Gasteiger partial charge in [-0.3, -0.25) is 9.59 Å². The zero-order valence-electron chi connectivity index (χ0n) is 15.4. The van der Waals surface area contributed by atoms with Gasteiger partial charge >= 0.3 is 0 Å². The van der Waals surface area contributed by atoms with Crippen LogP contribution in [-0.4, -0.2) is 47.4 Å². The molecule has 0 bridgehead atoms. The molecule has 0 aliphatic carbocycles. The molecule has 2 aliphatic heterocycles. The lowest BCUT2D eigenvalue weighted by atomic mass is 10.1. The molecule has 2 aromatic rings. The average molecular weight is 365 g/mol. The highest BCUT2D eigenvalue weighted by Crippen LogP contribution is 2.28. The number of carbonyl (C=O) groups excluding carboxylic acids is 2. The predicted octanol–water partition coefficient (Wildman–Crippen LogP) is 2.42. The molecule has 27 heavy (non-hydrogen) atoms. The monoisotopic (exact) mass is 365 g/mol. The standard InChI is InChI=1S/C21H23N3O3/c1-15-5-7-17(8-6-15)24-13-16(12-20(24)25)21(26)23-11-9-18(14-23)27-19-4-2-3-10-22-19/h2-8,10,16,18H,9,11-14H2,1H3. The van der Waals surface area contributed by atoms with Crippen molar-refractivity contribution in [2.45, 2.75) is 25.9 Å². The summed E-state index contributed by atoms with van der Waals surface area (Å²) in [7, 11) is 0. The van der Waals surface area contributed by atoms with Crippen LogP contribution in [0.4, 0.5) is 5.69 Å². The van der Waals surface area contributed by atoms with Gasteiger partial charge in [-0.05, 0) is 25.1 Å². The van der Waals surface area contributed by atoms with E-state index in [1.54, 1.807) is 11.1 Å². The number of pyridine rings is 1. The maximum atomic E-state index is 12.9. The van der Waals surface area contributed by atoms with E-state index in [9.17, 15) is 9.59 Å². The Balaban J connectivity index is 1.36. The van der Waals surface area contributed by atoms with E-state index < -0.39 is 0 Å². The fraction of sp³-hybridized carbons (Fsp3) is 0.381. The molecule has 4 rings (SSSR count). The molecular formula is C21H23N3O3. The second-order valence-corrected chi connectivity index (χ2v) is 7.22. The van der Waals surface area contributed by atoms with Crippen molar-refractivity contribution < 1.29 is 14.3 Å². The molecule has 2 saturated heterocycles. The van der Waals surface area contributed by atoms with Crippen LogP contribution in [-0.2, 0) is 9.59 Å². The van der Waals surface area contributed by atoms with Gasteiger partial charge in [-0.2, -0.15) is 0 Å². The number of amides is 2. The topological polar surface area (TPSA) is 62.7 Å². The van der Waals surface area contributed by atoms with Crippen LogP contribution in [0.25, 0.3) is 0 Å². The Labute approximate surface area is 158 Å². The summed E-state index contributed by atoms with van der Waals surface area (Å²) < 4.78 is 5.86. The van der Waals surface area contributed by atoms with E-state index in [-0.39, 0.29) is 30.3 Å². The van der Waals surface area contributed by atoms with Crippen molar-refractivity contribution in [1.29, 1.82) is 0 Å². The fourth-order valence-corrected chi connectivity index (χ4v) is 3.72. The largest absolute Gasteiger partial charge is 0.472 e. The van der Waals surface area contributed by atoms with Crippen LogP contribution in [0.1, 0.15) is 18.4 Å². The summed E-state index contributed by atoms with van der Waals surface area (Å²) in [6.45, 7) is 3.66. The number of hydrogen-bond donors (Lipinski definition) is 0. The molecule has 0 spiro atoms. The van der Waals surface area contributed by atoms with E-state index in [1.807, 2.05) is 54.3 Å². The van der Waals surface area contributed by atoms with Crippen molar-refractivity contribution in [3.05, 3.63) is 54.2 Å². The highest BCUT2D eigenvalue weighted by atomic mass is 16.5. The molecule has 2 amide bonds. The van der Waals surface area contributed by atoms with Crippen molar-refractivity contribution in [3.63, 3.8) is 0 Å². The molecule has 2 aliphatic rings. The van der Waals surface area contributed by atoms with Crippen LogP contribution >= 0.6 is 0 Å². The first kappa shape index (κ1) is 17.5. The predicted molar refractivity (Wildman–Crippen MR) is 101 cm³/mol. The van der Waals surface area contributed by atoms with E-state index in [0.29, 0.717) is 25.5 Å². The SMILES string of the molecule is Cc1ccc(N2CC(C(=O)N3CCC(Oc4ccccn4)C3)CC2=O)cc1. The molecule has 1 aromatic heterocycles. The van der Waals surface area contributed by atoms with Crippen molar-refractivity contribution >= 4 is 17.5 Å². The van der Waals surface area contributed by atoms with Gasteiger partial charge in [0.15, 0.2) is 0 Å². The smallest absolute Gasteiger partial charge is 0.228 e. The Kier molecular flexibility index (Phi) is 4.79. The molecule has 3 heterocycles. The summed E-state index contributed by atoms with van der Waals surface area (Å²) in [5.41, 5.74) is 2.01. The molecule has 2 atom stereocenters. The Hall–Kier alpha value is -2.89. The van der Waals surface area contributed by atoms with E-state index in [1.165, 1.54) is 0 Å². The summed E-state index contributed by atoms with van der Waals surface area (Å²) in [5.74, 6) is 0.355. The summed E-state index contributed by atoms with van der Waals surface area (Å²) >= 11 is 0. The summed E-state index contributed by atoms with van der Waals surface area (Å²) in [6, 6.07) is 13.4. The van der Waals surface area contributed by atoms with Gasteiger partial charge in [-0.1, -0.05) is 23.8 Å². The van der Waals surface area contributed by atoms with E-state index >= 15 is 0 Å². The molecular weight excluding hydrogens is 342 g/mol. The normalized spacial score (nSPS) is 22.3. The van der Waals surface area contributed by atoms with E-state index in [4.69, 9.17) is 4.74 Å². The maximum Gasteiger partial charge on any atom is 0.228 e. The van der Waals surface area contributed by atoms with Gasteiger partial charge in [-0.15, -0.1) is 0 Å². The highest BCUT2D eigenvalue weighted by molar-refractivity contribution is 6.00. The third-order valence-electron chi connectivity index (χ3n) is 5.20. The number of benzene rings is 1. The number of ether oxygens (including phenoxy) is 1. The molecule has 140 valence electrons. The van der Waals surface area contributed by atoms with Crippen LogP contribution in [0.3, 0.4) is 0 Å². The number of hydrogen-bond acceptors (Lipinski definition) is 4. The maximum absolute atomic E-state index is 12.9. The molecule has 1 aromatic carbocycles. The van der Waals surface area contributed by atoms with Crippen LogP contribution in [0, 0.1) is 12.8 Å². The van der Waals surface area contributed by atoms with Crippen molar-refractivity contribution in [3.8, 4) is 5.88 Å². The number of anilines is 1. The zero-order chi connectivity index (χ0) is 18.8. The first-order valence-electron chi connectivity index (χ1n) is 9.33. The number of aryl methyl sites for hydroxylation is 1. The second kappa shape index (κ2) is 7.39. The van der Waals surface area contributed by atoms with Gasteiger partial charge in [0.25, 0.3) is 0 Å². The Morgan fingerprint density at radius 3 is 2.70 bits per heavy atom. The Morgan fingerprint density at radius 1 is 1.15 bits per heavy atom. The minimum absolute atomic E-state index is 0.0117. The van der Waals surface area contributed by atoms with Crippen molar-refractivity contribution in [2.24, 2.45) is 5.92 Å². The molecule has 0 N–H and O–H groups in total. The summed E-state index contributed by atoms with van der Waals surface area (Å²) in [6.07, 6.45) is 2.70. The number of rotatable bonds is 4. The van der Waals surface area contributed by atoms with Gasteiger partial charge in [0.05, 0.1) is 12.5 Å². The Bertz CT molecular complexity index is 822. The third kappa shape index (κ3) is 3.79. The highest BCUT2D eigenvalue weighted by Gasteiger charge is 2.39. The quantitative estimate of drug-likeness (QED) is 0.835. The van der Waals surface area contributed by atoms with Gasteiger partial charge in [-0.25, -0.2) is 4.98 Å². The van der Waals surface area contributed by atoms with Crippen LogP contribution in [0.5, 0.6) is 5.88 Å². The lowest BCUT2D eigenvalue weighted by Crippen LogP contribution is -2.37. The van der Waals surface area contributed by atoms with Gasteiger partial charge in [0, 0.05) is 43.9 Å². The minimum atomic E-state index is -0.285. The van der Waals surface area contributed by atoms with Crippen LogP contribution < -0.4 is 9.64 Å². The van der Waals surface area contributed by atoms with E-state index in [0.717, 1.165) is 17.7 Å². The molecule has 2 unspecified atom stereocenters. The first-order chi connectivity index (χ1) is 13.1. The molecule has 0 radical (unpaired) electrons.